The van der Waals surface area contributed by atoms with E-state index in [1.54, 1.807) is 0 Å². The molecule has 0 aromatic rings. The molecule has 0 spiro atoms. The normalized spacial score (nSPS) is 29.5. The Kier molecular flexibility index (Phi) is 3.94. The minimum Gasteiger partial charge on any atom is -0.378 e. The van der Waals surface area contributed by atoms with Crippen LogP contribution in [0.3, 0.4) is 0 Å². The van der Waals surface area contributed by atoms with E-state index in [4.69, 9.17) is 10.5 Å². The molecule has 1 saturated carbocycles. The molecule has 0 radical (unpaired) electrons. The van der Waals surface area contributed by atoms with E-state index >= 15 is 0 Å². The van der Waals surface area contributed by atoms with Crippen LogP contribution in [-0.4, -0.2) is 18.8 Å². The topological polar surface area (TPSA) is 35.2 Å². The Balaban J connectivity index is 2.11. The lowest BCUT2D eigenvalue weighted by Gasteiger charge is -2.36. The second-order valence-corrected chi connectivity index (χ2v) is 4.10. The minimum absolute atomic E-state index is 0.188. The maximum Gasteiger partial charge on any atom is 0.0580 e. The number of ether oxygens (including phenoxy) is 1. The second-order valence-electron chi connectivity index (χ2n) is 4.10. The van der Waals surface area contributed by atoms with Crippen molar-refractivity contribution in [1.82, 2.24) is 0 Å². The number of nitrogens with two attached hydrogens (primary N) is 1. The van der Waals surface area contributed by atoms with E-state index in [9.17, 15) is 0 Å². The fraction of sp³-hybridized carbons (Fsp3) is 0.818. The molecule has 1 aliphatic carbocycles. The molecule has 2 N–H and O–H groups in total. The molecule has 0 aromatic heterocycles. The van der Waals surface area contributed by atoms with Crippen molar-refractivity contribution >= 4 is 0 Å². The first-order valence-corrected chi connectivity index (χ1v) is 5.16. The van der Waals surface area contributed by atoms with Gasteiger partial charge in [-0.05, 0) is 39.0 Å². The number of hydrogen-bond acceptors (Lipinski definition) is 2. The lowest BCUT2D eigenvalue weighted by Crippen LogP contribution is -2.36. The molecule has 1 fully saturated rings. The van der Waals surface area contributed by atoms with Gasteiger partial charge < -0.3 is 10.5 Å². The molecule has 2 heteroatoms. The van der Waals surface area contributed by atoms with Gasteiger partial charge in [-0.3, -0.25) is 0 Å². The van der Waals surface area contributed by atoms with Crippen LogP contribution in [0.5, 0.6) is 0 Å². The van der Waals surface area contributed by atoms with Gasteiger partial charge in [-0.15, -0.1) is 0 Å². The van der Waals surface area contributed by atoms with Crippen molar-refractivity contribution in [3.05, 3.63) is 12.2 Å². The largest absolute Gasteiger partial charge is 0.378 e. The first-order chi connectivity index (χ1) is 6.13. The average Bonchev–Trinajstić information content (AvgIpc) is 2.00. The van der Waals surface area contributed by atoms with Crippen LogP contribution in [0.15, 0.2) is 12.2 Å². The quantitative estimate of drug-likeness (QED) is 0.662. The monoisotopic (exact) mass is 183 g/mol. The summed E-state index contributed by atoms with van der Waals surface area (Å²) in [6.07, 6.45) is 3.97. The Morgan fingerprint density at radius 3 is 2.69 bits per heavy atom. The molecule has 0 aliphatic heterocycles. The molecule has 1 unspecified atom stereocenters. The highest BCUT2D eigenvalue weighted by molar-refractivity contribution is 5.01. The van der Waals surface area contributed by atoms with E-state index in [2.05, 4.69) is 6.58 Å². The molecule has 1 aliphatic rings. The fourth-order valence-electron chi connectivity index (χ4n) is 1.80. The summed E-state index contributed by atoms with van der Waals surface area (Å²) in [5.74, 6) is 0.767. The van der Waals surface area contributed by atoms with Gasteiger partial charge in [-0.25, -0.2) is 0 Å². The summed E-state index contributed by atoms with van der Waals surface area (Å²) < 4.78 is 5.49. The molecular weight excluding hydrogens is 162 g/mol. The summed E-state index contributed by atoms with van der Waals surface area (Å²) >= 11 is 0. The van der Waals surface area contributed by atoms with Crippen molar-refractivity contribution in [3.8, 4) is 0 Å². The molecule has 1 rings (SSSR count). The number of rotatable bonds is 5. The summed E-state index contributed by atoms with van der Waals surface area (Å²) in [5, 5.41) is 0. The Morgan fingerprint density at radius 1 is 1.62 bits per heavy atom. The first-order valence-electron chi connectivity index (χ1n) is 5.16. The van der Waals surface area contributed by atoms with Crippen molar-refractivity contribution in [2.45, 2.75) is 45.3 Å². The summed E-state index contributed by atoms with van der Waals surface area (Å²) in [4.78, 5) is 0. The zero-order valence-electron chi connectivity index (χ0n) is 8.75. The summed E-state index contributed by atoms with van der Waals surface area (Å²) in [6.45, 7) is 8.75. The maximum atomic E-state index is 5.91. The zero-order chi connectivity index (χ0) is 9.84. The predicted molar refractivity (Wildman–Crippen MR) is 55.5 cm³/mol. The Hall–Kier alpha value is -0.340. The lowest BCUT2D eigenvalue weighted by molar-refractivity contribution is -0.0273. The zero-order valence-corrected chi connectivity index (χ0v) is 8.75. The molecular formula is C11H21NO. The third-order valence-electron chi connectivity index (χ3n) is 2.82. The van der Waals surface area contributed by atoms with E-state index in [-0.39, 0.29) is 6.04 Å². The highest BCUT2D eigenvalue weighted by Gasteiger charge is 2.30. The smallest absolute Gasteiger partial charge is 0.0580 e. The van der Waals surface area contributed by atoms with Crippen LogP contribution in [0.2, 0.25) is 0 Å². The van der Waals surface area contributed by atoms with Crippen LogP contribution in [0, 0.1) is 5.92 Å². The molecule has 76 valence electrons. The van der Waals surface area contributed by atoms with E-state index in [1.807, 2.05) is 13.8 Å². The van der Waals surface area contributed by atoms with Crippen LogP contribution < -0.4 is 5.73 Å². The van der Waals surface area contributed by atoms with E-state index in [1.165, 1.54) is 12.8 Å². The Bertz CT molecular complexity index is 173. The highest BCUT2D eigenvalue weighted by atomic mass is 16.5. The maximum absolute atomic E-state index is 5.91. The summed E-state index contributed by atoms with van der Waals surface area (Å²) in [6, 6.07) is 0.188. The van der Waals surface area contributed by atoms with Crippen LogP contribution >= 0.6 is 0 Å². The molecule has 0 aromatic carbocycles. The minimum atomic E-state index is 0.188. The number of hydrogen-bond donors (Lipinski definition) is 1. The first kappa shape index (κ1) is 10.7. The Labute approximate surface area is 81.1 Å². The summed E-state index contributed by atoms with van der Waals surface area (Å²) in [5.41, 5.74) is 7.00. The standard InChI is InChI=1S/C11H21NO/c1-4-13-10-5-9(6-10)7-11(12)8(2)3/h9-11H,2,4-7,12H2,1,3H3. The van der Waals surface area contributed by atoms with Crippen molar-refractivity contribution in [3.63, 3.8) is 0 Å². The van der Waals surface area contributed by atoms with Gasteiger partial charge in [0.15, 0.2) is 0 Å². The molecule has 0 saturated heterocycles. The van der Waals surface area contributed by atoms with Gasteiger partial charge in [0, 0.05) is 12.6 Å². The van der Waals surface area contributed by atoms with Gasteiger partial charge in [0.05, 0.1) is 6.10 Å². The van der Waals surface area contributed by atoms with Gasteiger partial charge in [-0.1, -0.05) is 12.2 Å². The molecule has 0 heterocycles. The van der Waals surface area contributed by atoms with Crippen molar-refractivity contribution in [1.29, 1.82) is 0 Å². The highest BCUT2D eigenvalue weighted by Crippen LogP contribution is 2.33. The third kappa shape index (κ3) is 3.12. The molecule has 1 atom stereocenters. The summed E-state index contributed by atoms with van der Waals surface area (Å²) in [7, 11) is 0. The van der Waals surface area contributed by atoms with Crippen LogP contribution in [-0.2, 0) is 4.74 Å². The lowest BCUT2D eigenvalue weighted by atomic mass is 9.77. The molecule has 0 amide bonds. The average molecular weight is 183 g/mol. The van der Waals surface area contributed by atoms with Crippen molar-refractivity contribution in [2.75, 3.05) is 6.61 Å². The second kappa shape index (κ2) is 4.77. The van der Waals surface area contributed by atoms with Crippen LogP contribution in [0.4, 0.5) is 0 Å². The van der Waals surface area contributed by atoms with Gasteiger partial charge >= 0.3 is 0 Å². The molecule has 13 heavy (non-hydrogen) atoms. The van der Waals surface area contributed by atoms with Gasteiger partial charge in [-0.2, -0.15) is 0 Å². The van der Waals surface area contributed by atoms with Crippen LogP contribution in [0.25, 0.3) is 0 Å². The van der Waals surface area contributed by atoms with Gasteiger partial charge in [0.2, 0.25) is 0 Å². The van der Waals surface area contributed by atoms with Gasteiger partial charge in [0.25, 0.3) is 0 Å². The van der Waals surface area contributed by atoms with E-state index in [0.29, 0.717) is 6.10 Å². The predicted octanol–water partition coefficient (Wildman–Crippen LogP) is 2.10. The van der Waals surface area contributed by atoms with Crippen molar-refractivity contribution in [2.24, 2.45) is 11.7 Å². The Morgan fingerprint density at radius 2 is 2.23 bits per heavy atom. The molecule has 2 nitrogen and oxygen atoms in total. The van der Waals surface area contributed by atoms with Crippen molar-refractivity contribution < 1.29 is 4.74 Å². The molecule has 0 bridgehead atoms. The van der Waals surface area contributed by atoms with E-state index in [0.717, 1.165) is 24.5 Å². The fourth-order valence-corrected chi connectivity index (χ4v) is 1.80. The van der Waals surface area contributed by atoms with Gasteiger partial charge in [0.1, 0.15) is 0 Å². The third-order valence-corrected chi connectivity index (χ3v) is 2.82. The van der Waals surface area contributed by atoms with E-state index < -0.39 is 0 Å². The van der Waals surface area contributed by atoms with Crippen LogP contribution in [0.1, 0.15) is 33.1 Å². The SMILES string of the molecule is C=C(C)C(N)CC1CC(OCC)C1.